The molecule has 0 aliphatic heterocycles. The van der Waals surface area contributed by atoms with Crippen molar-refractivity contribution >= 4 is 37.8 Å². The minimum atomic E-state index is -0.0687. The minimum absolute atomic E-state index is 0.0302. The molecule has 2 aromatic carbocycles. The topological polar surface area (TPSA) is 29.1 Å². The molecule has 98 valence electrons. The molecular formula is C15H13Br2NO. The lowest BCUT2D eigenvalue weighted by Gasteiger charge is -2.16. The third-order valence-electron chi connectivity index (χ3n) is 2.77. The molecule has 19 heavy (non-hydrogen) atoms. The Kier molecular flexibility index (Phi) is 5.16. The fraction of sp³-hybridized carbons (Fsp3) is 0.133. The largest absolute Gasteiger partial charge is 0.344 e. The predicted molar refractivity (Wildman–Crippen MR) is 84.6 cm³/mol. The maximum Gasteiger partial charge on any atom is 0.251 e. The molecule has 0 spiro atoms. The maximum atomic E-state index is 12.2. The van der Waals surface area contributed by atoms with Crippen LogP contribution in [-0.4, -0.2) is 11.2 Å². The number of benzene rings is 2. The molecule has 0 radical (unpaired) electrons. The van der Waals surface area contributed by atoms with E-state index >= 15 is 0 Å². The van der Waals surface area contributed by atoms with Crippen LogP contribution in [0.25, 0.3) is 0 Å². The van der Waals surface area contributed by atoms with Crippen LogP contribution in [0.2, 0.25) is 0 Å². The van der Waals surface area contributed by atoms with Gasteiger partial charge < -0.3 is 5.32 Å². The van der Waals surface area contributed by atoms with Crippen LogP contribution in [-0.2, 0) is 0 Å². The van der Waals surface area contributed by atoms with Crippen molar-refractivity contribution in [3.63, 3.8) is 0 Å². The van der Waals surface area contributed by atoms with Crippen LogP contribution in [0.15, 0.2) is 59.1 Å². The highest BCUT2D eigenvalue weighted by atomic mass is 79.9. The predicted octanol–water partition coefficient (Wildman–Crippen LogP) is 4.32. The Bertz CT molecular complexity index is 540. The second kappa shape index (κ2) is 6.87. The third-order valence-corrected chi connectivity index (χ3v) is 3.94. The first kappa shape index (κ1) is 14.3. The average Bonchev–Trinajstić information content (AvgIpc) is 2.46. The number of amides is 1. The van der Waals surface area contributed by atoms with E-state index in [9.17, 15) is 4.79 Å². The van der Waals surface area contributed by atoms with Crippen LogP contribution in [0.3, 0.4) is 0 Å². The van der Waals surface area contributed by atoms with Gasteiger partial charge in [-0.1, -0.05) is 62.2 Å². The SMILES string of the molecule is O=C(NC(CBr)c1ccccc1)c1ccc(Br)cc1. The number of carbonyl (C=O) groups is 1. The highest BCUT2D eigenvalue weighted by Gasteiger charge is 2.14. The van der Waals surface area contributed by atoms with Crippen molar-refractivity contribution in [2.45, 2.75) is 6.04 Å². The minimum Gasteiger partial charge on any atom is -0.344 e. The summed E-state index contributed by atoms with van der Waals surface area (Å²) in [6.07, 6.45) is 0. The van der Waals surface area contributed by atoms with Gasteiger partial charge in [-0.3, -0.25) is 4.79 Å². The summed E-state index contributed by atoms with van der Waals surface area (Å²) in [5.41, 5.74) is 1.75. The zero-order valence-corrected chi connectivity index (χ0v) is 13.3. The van der Waals surface area contributed by atoms with Gasteiger partial charge in [-0.2, -0.15) is 0 Å². The molecule has 4 heteroatoms. The first-order valence-corrected chi connectivity index (χ1v) is 7.79. The molecule has 1 atom stereocenters. The van der Waals surface area contributed by atoms with Gasteiger partial charge in [-0.05, 0) is 29.8 Å². The number of alkyl halides is 1. The van der Waals surface area contributed by atoms with Gasteiger partial charge in [0.05, 0.1) is 6.04 Å². The molecule has 2 aromatic rings. The van der Waals surface area contributed by atoms with Gasteiger partial charge in [0, 0.05) is 15.4 Å². The van der Waals surface area contributed by atoms with Crippen LogP contribution in [0.5, 0.6) is 0 Å². The monoisotopic (exact) mass is 381 g/mol. The number of nitrogens with one attached hydrogen (secondary N) is 1. The van der Waals surface area contributed by atoms with Gasteiger partial charge in [-0.25, -0.2) is 0 Å². The molecular weight excluding hydrogens is 370 g/mol. The zero-order valence-electron chi connectivity index (χ0n) is 10.1. The average molecular weight is 383 g/mol. The van der Waals surface area contributed by atoms with Crippen molar-refractivity contribution in [1.82, 2.24) is 5.32 Å². The standard InChI is InChI=1S/C15H13Br2NO/c16-10-14(11-4-2-1-3-5-11)18-15(19)12-6-8-13(17)9-7-12/h1-9,14H,10H2,(H,18,19). The van der Waals surface area contributed by atoms with Crippen LogP contribution in [0.1, 0.15) is 22.0 Å². The molecule has 1 amide bonds. The highest BCUT2D eigenvalue weighted by molar-refractivity contribution is 9.10. The molecule has 0 aliphatic carbocycles. The number of rotatable bonds is 4. The molecule has 0 fully saturated rings. The summed E-state index contributed by atoms with van der Waals surface area (Å²) in [6.45, 7) is 0. The quantitative estimate of drug-likeness (QED) is 0.784. The summed E-state index contributed by atoms with van der Waals surface area (Å²) < 4.78 is 0.962. The lowest BCUT2D eigenvalue weighted by molar-refractivity contribution is 0.0941. The van der Waals surface area contributed by atoms with E-state index in [-0.39, 0.29) is 11.9 Å². The molecule has 0 saturated carbocycles. The van der Waals surface area contributed by atoms with Crippen LogP contribution in [0, 0.1) is 0 Å². The molecule has 0 saturated heterocycles. The fourth-order valence-electron chi connectivity index (χ4n) is 1.74. The Morgan fingerprint density at radius 2 is 1.68 bits per heavy atom. The summed E-state index contributed by atoms with van der Waals surface area (Å²) >= 11 is 6.80. The summed E-state index contributed by atoms with van der Waals surface area (Å²) in [4.78, 5) is 12.2. The van der Waals surface area contributed by atoms with E-state index in [0.29, 0.717) is 10.9 Å². The molecule has 0 aliphatic rings. The van der Waals surface area contributed by atoms with E-state index < -0.39 is 0 Å². The van der Waals surface area contributed by atoms with Crippen molar-refractivity contribution in [2.75, 3.05) is 5.33 Å². The molecule has 2 rings (SSSR count). The van der Waals surface area contributed by atoms with Crippen molar-refractivity contribution in [3.8, 4) is 0 Å². The summed E-state index contributed by atoms with van der Waals surface area (Å²) in [7, 11) is 0. The summed E-state index contributed by atoms with van der Waals surface area (Å²) in [6, 6.07) is 17.2. The van der Waals surface area contributed by atoms with Crippen molar-refractivity contribution in [2.24, 2.45) is 0 Å². The van der Waals surface area contributed by atoms with E-state index in [0.717, 1.165) is 10.0 Å². The highest BCUT2D eigenvalue weighted by Crippen LogP contribution is 2.16. The van der Waals surface area contributed by atoms with E-state index in [2.05, 4.69) is 37.2 Å². The summed E-state index contributed by atoms with van der Waals surface area (Å²) in [5.74, 6) is -0.0687. The van der Waals surface area contributed by atoms with Crippen molar-refractivity contribution in [1.29, 1.82) is 0 Å². The number of hydrogen-bond acceptors (Lipinski definition) is 1. The van der Waals surface area contributed by atoms with Gasteiger partial charge in [0.25, 0.3) is 5.91 Å². The fourth-order valence-corrected chi connectivity index (χ4v) is 2.54. The van der Waals surface area contributed by atoms with Gasteiger partial charge in [0.15, 0.2) is 0 Å². The Hall–Kier alpha value is -1.13. The molecule has 0 heterocycles. The summed E-state index contributed by atoms with van der Waals surface area (Å²) in [5, 5.41) is 3.70. The Balaban J connectivity index is 2.10. The smallest absolute Gasteiger partial charge is 0.251 e. The second-order valence-electron chi connectivity index (χ2n) is 4.10. The van der Waals surface area contributed by atoms with Crippen LogP contribution in [0.4, 0.5) is 0 Å². The Labute approximate surface area is 129 Å². The van der Waals surface area contributed by atoms with Gasteiger partial charge >= 0.3 is 0 Å². The van der Waals surface area contributed by atoms with Crippen molar-refractivity contribution in [3.05, 3.63) is 70.2 Å². The molecule has 2 nitrogen and oxygen atoms in total. The normalized spacial score (nSPS) is 11.9. The van der Waals surface area contributed by atoms with Crippen LogP contribution < -0.4 is 5.32 Å². The Morgan fingerprint density at radius 1 is 1.05 bits per heavy atom. The zero-order chi connectivity index (χ0) is 13.7. The van der Waals surface area contributed by atoms with E-state index in [1.807, 2.05) is 42.5 Å². The van der Waals surface area contributed by atoms with E-state index in [1.54, 1.807) is 12.1 Å². The molecule has 0 aromatic heterocycles. The van der Waals surface area contributed by atoms with Gasteiger partial charge in [0.2, 0.25) is 0 Å². The number of hydrogen-bond donors (Lipinski definition) is 1. The van der Waals surface area contributed by atoms with Crippen LogP contribution >= 0.6 is 31.9 Å². The first-order chi connectivity index (χ1) is 9.20. The molecule has 1 N–H and O–H groups in total. The Morgan fingerprint density at radius 3 is 2.26 bits per heavy atom. The molecule has 0 bridgehead atoms. The first-order valence-electron chi connectivity index (χ1n) is 5.88. The van der Waals surface area contributed by atoms with Crippen molar-refractivity contribution < 1.29 is 4.79 Å². The molecule has 1 unspecified atom stereocenters. The third kappa shape index (κ3) is 3.91. The van der Waals surface area contributed by atoms with Gasteiger partial charge in [0.1, 0.15) is 0 Å². The maximum absolute atomic E-state index is 12.2. The second-order valence-corrected chi connectivity index (χ2v) is 5.66. The lowest BCUT2D eigenvalue weighted by Crippen LogP contribution is -2.29. The van der Waals surface area contributed by atoms with E-state index in [4.69, 9.17) is 0 Å². The van der Waals surface area contributed by atoms with E-state index in [1.165, 1.54) is 0 Å². The number of halogens is 2. The van der Waals surface area contributed by atoms with Gasteiger partial charge in [-0.15, -0.1) is 0 Å². The lowest BCUT2D eigenvalue weighted by atomic mass is 10.1. The number of carbonyl (C=O) groups excluding carboxylic acids is 1.